The van der Waals surface area contributed by atoms with Crippen LogP contribution in [0.3, 0.4) is 0 Å². The highest BCUT2D eigenvalue weighted by atomic mass is 19.1. The first kappa shape index (κ1) is 13.5. The van der Waals surface area contributed by atoms with E-state index in [0.717, 1.165) is 0 Å². The monoisotopic (exact) mass is 240 g/mol. The molecule has 0 heterocycles. The lowest BCUT2D eigenvalue weighted by Gasteiger charge is -2.24. The average molecular weight is 240 g/mol. The number of phenolic OH excluding ortho intramolecular Hbond substituents is 1. The van der Waals surface area contributed by atoms with Gasteiger partial charge < -0.3 is 10.2 Å². The molecular weight excluding hydrogens is 223 g/mol. The number of halogens is 1. The smallest absolute Gasteiger partial charge is 0.313 e. The van der Waals surface area contributed by atoms with Crippen LogP contribution in [0, 0.1) is 0 Å². The molecule has 0 fully saturated rings. The summed E-state index contributed by atoms with van der Waals surface area (Å²) in [4.78, 5) is 11.1. The number of hydrogen-bond donors (Lipinski definition) is 2. The summed E-state index contributed by atoms with van der Waals surface area (Å²) in [5.74, 6) is -1.35. The molecule has 0 saturated heterocycles. The Morgan fingerprint density at radius 2 is 1.65 bits per heavy atom. The number of aliphatic carboxylic acids is 1. The van der Waals surface area contributed by atoms with Crippen LogP contribution in [0.1, 0.15) is 38.8 Å². The summed E-state index contributed by atoms with van der Waals surface area (Å²) in [5.41, 5.74) is -2.66. The summed E-state index contributed by atoms with van der Waals surface area (Å²) in [6.07, 6.45) is 0. The molecule has 94 valence electrons. The van der Waals surface area contributed by atoms with E-state index in [4.69, 9.17) is 5.11 Å². The van der Waals surface area contributed by atoms with Crippen LogP contribution in [-0.2, 0) is 15.9 Å². The molecule has 0 aliphatic heterocycles. The quantitative estimate of drug-likeness (QED) is 0.854. The number of para-hydroxylation sites is 1. The zero-order valence-corrected chi connectivity index (χ0v) is 10.4. The van der Waals surface area contributed by atoms with Gasteiger partial charge in [-0.1, -0.05) is 18.2 Å². The van der Waals surface area contributed by atoms with Gasteiger partial charge in [-0.05, 0) is 27.7 Å². The van der Waals surface area contributed by atoms with Gasteiger partial charge in [0.2, 0.25) is 0 Å². The molecule has 0 saturated carbocycles. The Kier molecular flexibility index (Phi) is 3.19. The molecule has 0 aliphatic rings. The van der Waals surface area contributed by atoms with Crippen molar-refractivity contribution in [3.05, 3.63) is 29.3 Å². The second kappa shape index (κ2) is 4.02. The van der Waals surface area contributed by atoms with Gasteiger partial charge in [0.05, 0.1) is 5.41 Å². The summed E-state index contributed by atoms with van der Waals surface area (Å²) >= 11 is 0. The summed E-state index contributed by atoms with van der Waals surface area (Å²) in [6.45, 7) is 5.58. The number of carboxylic acid groups (broad SMARTS) is 1. The van der Waals surface area contributed by atoms with Gasteiger partial charge in [-0.2, -0.15) is 0 Å². The highest BCUT2D eigenvalue weighted by Crippen LogP contribution is 2.39. The number of hydrogen-bond acceptors (Lipinski definition) is 2. The van der Waals surface area contributed by atoms with Crippen molar-refractivity contribution in [3.63, 3.8) is 0 Å². The molecule has 0 unspecified atom stereocenters. The lowest BCUT2D eigenvalue weighted by molar-refractivity contribution is -0.142. The molecule has 0 bridgehead atoms. The van der Waals surface area contributed by atoms with E-state index in [-0.39, 0.29) is 16.9 Å². The minimum Gasteiger partial charge on any atom is -0.507 e. The Bertz CT molecular complexity index is 444. The number of rotatable bonds is 3. The Hall–Kier alpha value is -1.58. The maximum Gasteiger partial charge on any atom is 0.313 e. The van der Waals surface area contributed by atoms with Crippen molar-refractivity contribution in [1.29, 1.82) is 0 Å². The number of phenols is 1. The standard InChI is InChI=1S/C13H17FO3/c1-12(2,11(16)17)8-6-5-7-9(10(8)15)13(3,4)14/h5-7,15H,1-4H3,(H,16,17). The molecule has 0 radical (unpaired) electrons. The Morgan fingerprint density at radius 3 is 2.06 bits per heavy atom. The number of carboxylic acids is 1. The van der Waals surface area contributed by atoms with Crippen molar-refractivity contribution < 1.29 is 19.4 Å². The van der Waals surface area contributed by atoms with Crippen LogP contribution in [-0.4, -0.2) is 16.2 Å². The molecule has 1 aromatic carbocycles. The topological polar surface area (TPSA) is 57.5 Å². The summed E-state index contributed by atoms with van der Waals surface area (Å²) < 4.78 is 13.8. The van der Waals surface area contributed by atoms with Crippen LogP contribution in [0.5, 0.6) is 5.75 Å². The van der Waals surface area contributed by atoms with E-state index in [1.54, 1.807) is 6.07 Å². The molecule has 0 spiro atoms. The summed E-state index contributed by atoms with van der Waals surface area (Å²) in [6, 6.07) is 4.51. The predicted octanol–water partition coefficient (Wildman–Crippen LogP) is 2.96. The largest absolute Gasteiger partial charge is 0.507 e. The molecule has 4 heteroatoms. The molecule has 0 atom stereocenters. The first-order valence-corrected chi connectivity index (χ1v) is 5.33. The van der Waals surface area contributed by atoms with E-state index >= 15 is 0 Å². The van der Waals surface area contributed by atoms with Crippen molar-refractivity contribution in [2.24, 2.45) is 0 Å². The van der Waals surface area contributed by atoms with Crippen LogP contribution < -0.4 is 0 Å². The maximum atomic E-state index is 13.8. The zero-order valence-electron chi connectivity index (χ0n) is 10.4. The summed E-state index contributed by atoms with van der Waals surface area (Å²) in [5, 5.41) is 19.1. The van der Waals surface area contributed by atoms with Gasteiger partial charge >= 0.3 is 5.97 Å². The third-order valence-electron chi connectivity index (χ3n) is 2.88. The van der Waals surface area contributed by atoms with E-state index in [9.17, 15) is 14.3 Å². The summed E-state index contributed by atoms with van der Waals surface area (Å²) in [7, 11) is 0. The van der Waals surface area contributed by atoms with Crippen LogP contribution in [0.2, 0.25) is 0 Å². The fourth-order valence-corrected chi connectivity index (χ4v) is 1.64. The van der Waals surface area contributed by atoms with Crippen molar-refractivity contribution >= 4 is 5.97 Å². The van der Waals surface area contributed by atoms with Crippen molar-refractivity contribution in [2.75, 3.05) is 0 Å². The highest BCUT2D eigenvalue weighted by Gasteiger charge is 2.35. The fraction of sp³-hybridized carbons (Fsp3) is 0.462. The second-order valence-corrected chi connectivity index (χ2v) is 5.10. The Labute approximate surface area is 99.9 Å². The van der Waals surface area contributed by atoms with Gasteiger partial charge in [0.1, 0.15) is 11.4 Å². The van der Waals surface area contributed by atoms with Crippen LogP contribution in [0.25, 0.3) is 0 Å². The predicted molar refractivity (Wildman–Crippen MR) is 62.9 cm³/mol. The fourth-order valence-electron chi connectivity index (χ4n) is 1.64. The van der Waals surface area contributed by atoms with Gasteiger partial charge in [-0.3, -0.25) is 4.79 Å². The van der Waals surface area contributed by atoms with Crippen molar-refractivity contribution in [2.45, 2.75) is 38.8 Å². The van der Waals surface area contributed by atoms with Gasteiger partial charge in [0, 0.05) is 11.1 Å². The average Bonchev–Trinajstić information content (AvgIpc) is 2.15. The molecule has 1 rings (SSSR count). The molecule has 17 heavy (non-hydrogen) atoms. The number of alkyl halides is 1. The first-order chi connectivity index (χ1) is 7.58. The zero-order chi connectivity index (χ0) is 13.4. The number of benzene rings is 1. The number of aromatic hydroxyl groups is 1. The minimum absolute atomic E-state index is 0.101. The molecule has 0 amide bonds. The van der Waals surface area contributed by atoms with E-state index in [1.165, 1.54) is 39.8 Å². The Morgan fingerprint density at radius 1 is 1.18 bits per heavy atom. The second-order valence-electron chi connectivity index (χ2n) is 5.10. The third-order valence-corrected chi connectivity index (χ3v) is 2.88. The molecule has 0 aliphatic carbocycles. The van der Waals surface area contributed by atoms with E-state index < -0.39 is 17.1 Å². The van der Waals surface area contributed by atoms with Gasteiger partial charge in [0.25, 0.3) is 0 Å². The van der Waals surface area contributed by atoms with Gasteiger partial charge in [-0.25, -0.2) is 4.39 Å². The normalized spacial score (nSPS) is 12.5. The lowest BCUT2D eigenvalue weighted by atomic mass is 9.81. The molecule has 0 aromatic heterocycles. The van der Waals surface area contributed by atoms with Crippen LogP contribution >= 0.6 is 0 Å². The highest BCUT2D eigenvalue weighted by molar-refractivity contribution is 5.81. The van der Waals surface area contributed by atoms with E-state index in [2.05, 4.69) is 0 Å². The van der Waals surface area contributed by atoms with E-state index in [1.807, 2.05) is 0 Å². The SMILES string of the molecule is CC(C)(F)c1cccc(C(C)(C)C(=O)O)c1O. The molecule has 1 aromatic rings. The molecular formula is C13H17FO3. The van der Waals surface area contributed by atoms with Crippen molar-refractivity contribution in [3.8, 4) is 5.75 Å². The van der Waals surface area contributed by atoms with Crippen LogP contribution in [0.15, 0.2) is 18.2 Å². The lowest BCUT2D eigenvalue weighted by Crippen LogP contribution is -2.29. The van der Waals surface area contributed by atoms with E-state index in [0.29, 0.717) is 0 Å². The van der Waals surface area contributed by atoms with Gasteiger partial charge in [0.15, 0.2) is 0 Å². The van der Waals surface area contributed by atoms with Crippen LogP contribution in [0.4, 0.5) is 4.39 Å². The minimum atomic E-state index is -1.71. The molecule has 3 nitrogen and oxygen atoms in total. The first-order valence-electron chi connectivity index (χ1n) is 5.33. The Balaban J connectivity index is 3.44. The number of carbonyl (C=O) groups is 1. The van der Waals surface area contributed by atoms with Gasteiger partial charge in [-0.15, -0.1) is 0 Å². The van der Waals surface area contributed by atoms with Crippen molar-refractivity contribution in [1.82, 2.24) is 0 Å². The molecule has 2 N–H and O–H groups in total. The third kappa shape index (κ3) is 2.40. The maximum absolute atomic E-state index is 13.8.